The molecule has 2 N–H and O–H groups in total. The molecule has 0 spiro atoms. The van der Waals surface area contributed by atoms with Crippen LogP contribution in [0.25, 0.3) is 0 Å². The van der Waals surface area contributed by atoms with Gasteiger partial charge in [0.25, 0.3) is 10.0 Å². The molecule has 0 aliphatic heterocycles. The molecule has 8 heteroatoms. The second kappa shape index (κ2) is 4.18. The molecule has 0 aliphatic carbocycles. The Morgan fingerprint density at radius 1 is 1.50 bits per heavy atom. The van der Waals surface area contributed by atoms with Crippen molar-refractivity contribution >= 4 is 16.0 Å². The van der Waals surface area contributed by atoms with Crippen LogP contribution in [0.3, 0.4) is 0 Å². The van der Waals surface area contributed by atoms with Crippen LogP contribution >= 0.6 is 0 Å². The lowest BCUT2D eigenvalue weighted by Gasteiger charge is -2.19. The highest BCUT2D eigenvalue weighted by atomic mass is 32.2. The molecule has 0 atom stereocenters. The quantitative estimate of drug-likeness (QED) is 0.710. The fourth-order valence-electron chi connectivity index (χ4n) is 0.420. The summed E-state index contributed by atoms with van der Waals surface area (Å²) < 4.78 is 46.2. The zero-order valence-corrected chi connectivity index (χ0v) is 8.44. The molecule has 0 aromatic heterocycles. The van der Waals surface area contributed by atoms with Crippen molar-refractivity contribution in [2.45, 2.75) is 19.6 Å². The number of aliphatic carboxylic acids is 1. The van der Waals surface area contributed by atoms with Crippen LogP contribution in [-0.2, 0) is 14.8 Å². The summed E-state index contributed by atoms with van der Waals surface area (Å²) in [4.78, 5) is 10.5. The monoisotopic (exact) mass is 231 g/mol. The first kappa shape index (κ1) is 13.2. The van der Waals surface area contributed by atoms with Gasteiger partial charge in [0.2, 0.25) is 0 Å². The highest BCUT2D eigenvalue weighted by Crippen LogP contribution is 2.14. The van der Waals surface area contributed by atoms with Crippen molar-refractivity contribution in [3.8, 4) is 0 Å². The third-order valence-corrected chi connectivity index (χ3v) is 2.54. The minimum absolute atomic E-state index is 0.574. The van der Waals surface area contributed by atoms with E-state index in [1.165, 1.54) is 18.6 Å². The van der Waals surface area contributed by atoms with Crippen molar-refractivity contribution in [2.24, 2.45) is 5.41 Å². The number of alkyl halides is 2. The van der Waals surface area contributed by atoms with E-state index in [4.69, 9.17) is 5.11 Å². The van der Waals surface area contributed by atoms with Crippen LogP contribution in [0.1, 0.15) is 13.8 Å². The minimum atomic E-state index is -4.71. The van der Waals surface area contributed by atoms with E-state index in [-0.39, 0.29) is 0 Å². The number of carboxylic acids is 1. The maximum atomic E-state index is 11.8. The Kier molecular flexibility index (Phi) is 3.95. The molecular formula is C6H11F2NO4S. The first-order valence-corrected chi connectivity index (χ1v) is 5.14. The van der Waals surface area contributed by atoms with E-state index in [1.54, 1.807) is 0 Å². The van der Waals surface area contributed by atoms with Gasteiger partial charge in [0.15, 0.2) is 0 Å². The molecule has 0 saturated carbocycles. The smallest absolute Gasteiger partial charge is 0.350 e. The number of rotatable bonds is 5. The summed E-state index contributed by atoms with van der Waals surface area (Å²) >= 11 is 0. The number of sulfonamides is 1. The zero-order chi connectivity index (χ0) is 11.6. The zero-order valence-electron chi connectivity index (χ0n) is 7.62. The number of hydrogen-bond acceptors (Lipinski definition) is 3. The number of carboxylic acid groups (broad SMARTS) is 1. The van der Waals surface area contributed by atoms with Crippen LogP contribution in [0.15, 0.2) is 0 Å². The Bertz CT molecular complexity index is 312. The summed E-state index contributed by atoms with van der Waals surface area (Å²) in [5.41, 5.74) is -1.41. The normalized spacial score (nSPS) is 13.2. The largest absolute Gasteiger partial charge is 0.481 e. The Balaban J connectivity index is 4.41. The average molecular weight is 231 g/mol. The maximum absolute atomic E-state index is 11.8. The predicted octanol–water partition coefficient (Wildman–Crippen LogP) is 0.239. The molecule has 0 unspecified atom stereocenters. The first-order chi connectivity index (χ1) is 6.09. The van der Waals surface area contributed by atoms with Gasteiger partial charge in [-0.1, -0.05) is 0 Å². The third-order valence-electron chi connectivity index (χ3n) is 1.53. The molecule has 0 aromatic carbocycles. The number of halogens is 2. The Hall–Kier alpha value is -0.760. The van der Waals surface area contributed by atoms with E-state index in [0.717, 1.165) is 0 Å². The highest BCUT2D eigenvalue weighted by Gasteiger charge is 2.31. The van der Waals surface area contributed by atoms with Crippen molar-refractivity contribution in [1.82, 2.24) is 4.72 Å². The summed E-state index contributed by atoms with van der Waals surface area (Å²) in [6.07, 6.45) is 0. The van der Waals surface area contributed by atoms with Crippen LogP contribution in [-0.4, -0.2) is 31.8 Å². The van der Waals surface area contributed by atoms with Gasteiger partial charge in [-0.05, 0) is 13.8 Å². The van der Waals surface area contributed by atoms with Crippen molar-refractivity contribution < 1.29 is 27.1 Å². The molecule has 0 amide bonds. The van der Waals surface area contributed by atoms with Crippen LogP contribution in [0.2, 0.25) is 0 Å². The van der Waals surface area contributed by atoms with Crippen LogP contribution in [0.4, 0.5) is 8.78 Å². The minimum Gasteiger partial charge on any atom is -0.481 e. The fraction of sp³-hybridized carbons (Fsp3) is 0.833. The summed E-state index contributed by atoms with van der Waals surface area (Å²) in [5.74, 6) is -4.82. The lowest BCUT2D eigenvalue weighted by Crippen LogP contribution is -2.40. The van der Waals surface area contributed by atoms with E-state index in [0.29, 0.717) is 0 Å². The SMILES string of the molecule is CC(C)(CNS(=O)(=O)C(F)F)C(=O)O. The number of carbonyl (C=O) groups is 1. The molecule has 0 fully saturated rings. The van der Waals surface area contributed by atoms with E-state index in [9.17, 15) is 22.0 Å². The van der Waals surface area contributed by atoms with Gasteiger partial charge in [0.1, 0.15) is 0 Å². The molecular weight excluding hydrogens is 220 g/mol. The van der Waals surface area contributed by atoms with E-state index in [2.05, 4.69) is 0 Å². The van der Waals surface area contributed by atoms with Crippen molar-refractivity contribution in [2.75, 3.05) is 6.54 Å². The number of hydrogen-bond donors (Lipinski definition) is 2. The lowest BCUT2D eigenvalue weighted by atomic mass is 9.95. The Morgan fingerprint density at radius 3 is 2.21 bits per heavy atom. The van der Waals surface area contributed by atoms with Crippen molar-refractivity contribution in [3.05, 3.63) is 0 Å². The summed E-state index contributed by atoms with van der Waals surface area (Å²) in [7, 11) is -4.71. The van der Waals surface area contributed by atoms with Gasteiger partial charge >= 0.3 is 11.7 Å². The molecule has 0 aliphatic rings. The van der Waals surface area contributed by atoms with Crippen LogP contribution in [0.5, 0.6) is 0 Å². The predicted molar refractivity (Wildman–Crippen MR) is 44.3 cm³/mol. The standard InChI is InChI=1S/C6H11F2NO4S/c1-6(2,4(10)11)3-9-14(12,13)5(7)8/h5,9H,3H2,1-2H3,(H,10,11). The average Bonchev–Trinajstić information content (AvgIpc) is 2.01. The van der Waals surface area contributed by atoms with Gasteiger partial charge in [-0.2, -0.15) is 8.78 Å². The molecule has 0 heterocycles. The molecule has 0 saturated heterocycles. The molecule has 0 aromatic rings. The molecule has 0 bridgehead atoms. The molecule has 14 heavy (non-hydrogen) atoms. The van der Waals surface area contributed by atoms with E-state index >= 15 is 0 Å². The van der Waals surface area contributed by atoms with Gasteiger partial charge in [-0.25, -0.2) is 13.1 Å². The molecule has 84 valence electrons. The topological polar surface area (TPSA) is 83.5 Å². The Morgan fingerprint density at radius 2 is 1.93 bits per heavy atom. The van der Waals surface area contributed by atoms with Crippen LogP contribution in [0, 0.1) is 5.41 Å². The fourth-order valence-corrected chi connectivity index (χ4v) is 1.11. The van der Waals surface area contributed by atoms with Gasteiger partial charge in [0.05, 0.1) is 5.41 Å². The third kappa shape index (κ3) is 3.54. The van der Waals surface area contributed by atoms with Crippen LogP contribution < -0.4 is 4.72 Å². The van der Waals surface area contributed by atoms with Gasteiger partial charge in [-0.15, -0.1) is 0 Å². The second-order valence-corrected chi connectivity index (χ2v) is 5.05. The second-order valence-electron chi connectivity index (χ2n) is 3.32. The first-order valence-electron chi connectivity index (χ1n) is 3.59. The molecule has 0 radical (unpaired) electrons. The van der Waals surface area contributed by atoms with Gasteiger partial charge in [0, 0.05) is 6.54 Å². The molecule has 5 nitrogen and oxygen atoms in total. The van der Waals surface area contributed by atoms with Gasteiger partial charge in [-0.3, -0.25) is 4.79 Å². The summed E-state index contributed by atoms with van der Waals surface area (Å²) in [6.45, 7) is 1.88. The Labute approximate surface area is 80.2 Å². The maximum Gasteiger partial charge on any atom is 0.350 e. The number of nitrogens with one attached hydrogen (secondary N) is 1. The van der Waals surface area contributed by atoms with E-state index < -0.39 is 33.7 Å². The summed E-state index contributed by atoms with van der Waals surface area (Å²) in [5, 5.41) is 8.55. The van der Waals surface area contributed by atoms with Crippen molar-refractivity contribution in [1.29, 1.82) is 0 Å². The van der Waals surface area contributed by atoms with E-state index in [1.807, 2.05) is 0 Å². The summed E-state index contributed by atoms with van der Waals surface area (Å²) in [6, 6.07) is 0. The lowest BCUT2D eigenvalue weighted by molar-refractivity contribution is -0.146. The van der Waals surface area contributed by atoms with Gasteiger partial charge < -0.3 is 5.11 Å². The van der Waals surface area contributed by atoms with Crippen molar-refractivity contribution in [3.63, 3.8) is 0 Å². The molecule has 0 rings (SSSR count). The highest BCUT2D eigenvalue weighted by molar-refractivity contribution is 7.89.